The second-order valence-corrected chi connectivity index (χ2v) is 7.03. The average molecular weight is 357 g/mol. The summed E-state index contributed by atoms with van der Waals surface area (Å²) < 4.78 is 40.4. The van der Waals surface area contributed by atoms with Crippen molar-refractivity contribution in [1.29, 1.82) is 0 Å². The summed E-state index contributed by atoms with van der Waals surface area (Å²) in [4.78, 5) is 18.5. The van der Waals surface area contributed by atoms with Gasteiger partial charge >= 0.3 is 0 Å². The van der Waals surface area contributed by atoms with E-state index in [2.05, 4.69) is 9.80 Å². The van der Waals surface area contributed by atoms with Crippen LogP contribution in [-0.4, -0.2) is 73.0 Å². The van der Waals surface area contributed by atoms with Gasteiger partial charge in [0.1, 0.15) is 0 Å². The maximum atomic E-state index is 13.9. The van der Waals surface area contributed by atoms with E-state index in [-0.39, 0.29) is 12.1 Å². The molecule has 140 valence electrons. The number of hydrogen-bond donors (Lipinski definition) is 0. The van der Waals surface area contributed by atoms with E-state index in [4.69, 9.17) is 0 Å². The second kappa shape index (κ2) is 8.19. The molecule has 7 heteroatoms. The number of carbonyl (C=O) groups excluding carboxylic acids is 1. The Kier molecular flexibility index (Phi) is 6.46. The molecule has 1 aromatic rings. The van der Waals surface area contributed by atoms with Crippen LogP contribution in [0.3, 0.4) is 0 Å². The van der Waals surface area contributed by atoms with Gasteiger partial charge in [-0.2, -0.15) is 0 Å². The molecule has 1 aromatic carbocycles. The van der Waals surface area contributed by atoms with E-state index in [0.717, 1.165) is 31.6 Å². The van der Waals surface area contributed by atoms with Crippen LogP contribution in [0.2, 0.25) is 0 Å². The van der Waals surface area contributed by atoms with Gasteiger partial charge in [-0.15, -0.1) is 0 Å². The Hall–Kier alpha value is -1.60. The van der Waals surface area contributed by atoms with E-state index in [9.17, 15) is 18.0 Å². The van der Waals surface area contributed by atoms with E-state index < -0.39 is 28.9 Å². The standard InChI is InChI=1S/C18H26F3N3O/c1-12-10-23(11-13(2)24(12)9-5-8-22(3)4)18(25)14-6-7-15(19)17(21)16(14)20/h6-7,12-13H,5,8-11H2,1-4H3. The van der Waals surface area contributed by atoms with Crippen LogP contribution in [0.4, 0.5) is 13.2 Å². The number of piperazine rings is 1. The van der Waals surface area contributed by atoms with Crippen molar-refractivity contribution in [3.8, 4) is 0 Å². The molecule has 0 saturated carbocycles. The van der Waals surface area contributed by atoms with Crippen LogP contribution in [0.15, 0.2) is 12.1 Å². The lowest BCUT2D eigenvalue weighted by Gasteiger charge is -2.44. The summed E-state index contributed by atoms with van der Waals surface area (Å²) in [5, 5.41) is 0. The van der Waals surface area contributed by atoms with Crippen LogP contribution in [0.1, 0.15) is 30.6 Å². The van der Waals surface area contributed by atoms with Gasteiger partial charge in [0, 0.05) is 31.7 Å². The minimum atomic E-state index is -1.60. The maximum absolute atomic E-state index is 13.9. The molecule has 0 radical (unpaired) electrons. The normalized spacial score (nSPS) is 21.8. The zero-order chi connectivity index (χ0) is 18.7. The Bertz CT molecular complexity index is 612. The molecule has 1 amide bonds. The molecular weight excluding hydrogens is 331 g/mol. The fourth-order valence-corrected chi connectivity index (χ4v) is 3.39. The van der Waals surface area contributed by atoms with Crippen LogP contribution in [-0.2, 0) is 0 Å². The Morgan fingerprint density at radius 3 is 2.28 bits per heavy atom. The molecule has 1 fully saturated rings. The first kappa shape index (κ1) is 19.7. The molecule has 4 nitrogen and oxygen atoms in total. The molecule has 25 heavy (non-hydrogen) atoms. The molecule has 0 spiro atoms. The number of hydrogen-bond acceptors (Lipinski definition) is 3. The van der Waals surface area contributed by atoms with Crippen LogP contribution >= 0.6 is 0 Å². The van der Waals surface area contributed by atoms with Gasteiger partial charge in [-0.3, -0.25) is 9.69 Å². The predicted octanol–water partition coefficient (Wildman–Crippen LogP) is 2.59. The third-order valence-corrected chi connectivity index (χ3v) is 4.68. The molecular formula is C18H26F3N3O. The third-order valence-electron chi connectivity index (χ3n) is 4.68. The molecule has 0 aliphatic carbocycles. The topological polar surface area (TPSA) is 26.8 Å². The first-order valence-electron chi connectivity index (χ1n) is 8.55. The molecule has 2 atom stereocenters. The highest BCUT2D eigenvalue weighted by Crippen LogP contribution is 2.21. The molecule has 1 aliphatic heterocycles. The van der Waals surface area contributed by atoms with Gasteiger partial charge < -0.3 is 9.80 Å². The third kappa shape index (κ3) is 4.52. The van der Waals surface area contributed by atoms with Crippen molar-refractivity contribution in [2.45, 2.75) is 32.4 Å². The summed E-state index contributed by atoms with van der Waals surface area (Å²) in [5.74, 6) is -4.91. The van der Waals surface area contributed by atoms with E-state index in [1.165, 1.54) is 4.90 Å². The summed E-state index contributed by atoms with van der Waals surface area (Å²) in [6, 6.07) is 2.02. The molecule has 0 aromatic heterocycles. The quantitative estimate of drug-likeness (QED) is 0.758. The van der Waals surface area contributed by atoms with Crippen LogP contribution in [0.25, 0.3) is 0 Å². The summed E-state index contributed by atoms with van der Waals surface area (Å²) in [7, 11) is 4.06. The van der Waals surface area contributed by atoms with E-state index in [1.807, 2.05) is 27.9 Å². The minimum Gasteiger partial charge on any atom is -0.335 e. The molecule has 1 saturated heterocycles. The zero-order valence-corrected chi connectivity index (χ0v) is 15.2. The summed E-state index contributed by atoms with van der Waals surface area (Å²) in [6.45, 7) is 6.81. The highest BCUT2D eigenvalue weighted by atomic mass is 19.2. The Morgan fingerprint density at radius 1 is 1.12 bits per heavy atom. The highest BCUT2D eigenvalue weighted by molar-refractivity contribution is 5.94. The van der Waals surface area contributed by atoms with Crippen LogP contribution in [0.5, 0.6) is 0 Å². The number of halogens is 3. The minimum absolute atomic E-state index is 0.114. The van der Waals surface area contributed by atoms with Crippen LogP contribution < -0.4 is 0 Å². The van der Waals surface area contributed by atoms with Crippen molar-refractivity contribution >= 4 is 5.91 Å². The fraction of sp³-hybridized carbons (Fsp3) is 0.611. The summed E-state index contributed by atoms with van der Waals surface area (Å²) in [5.41, 5.74) is -0.417. The SMILES string of the molecule is CC1CN(C(=O)c2ccc(F)c(F)c2F)CC(C)N1CCCN(C)C. The number of carbonyl (C=O) groups is 1. The molecule has 1 aliphatic rings. The predicted molar refractivity (Wildman–Crippen MR) is 91.0 cm³/mol. The van der Waals surface area contributed by atoms with Crippen LogP contribution in [0, 0.1) is 17.5 Å². The molecule has 0 N–H and O–H groups in total. The first-order valence-corrected chi connectivity index (χ1v) is 8.55. The van der Waals surface area contributed by atoms with Crippen molar-refractivity contribution < 1.29 is 18.0 Å². The molecule has 1 heterocycles. The van der Waals surface area contributed by atoms with Gasteiger partial charge in [-0.05, 0) is 53.0 Å². The molecule has 2 unspecified atom stereocenters. The Morgan fingerprint density at radius 2 is 1.72 bits per heavy atom. The van der Waals surface area contributed by atoms with Gasteiger partial charge in [0.15, 0.2) is 17.5 Å². The van der Waals surface area contributed by atoms with E-state index >= 15 is 0 Å². The Labute approximate surface area is 147 Å². The molecule has 0 bridgehead atoms. The van der Waals surface area contributed by atoms with Gasteiger partial charge in [0.05, 0.1) is 5.56 Å². The largest absolute Gasteiger partial charge is 0.335 e. The van der Waals surface area contributed by atoms with E-state index in [1.54, 1.807) is 0 Å². The number of rotatable bonds is 5. The average Bonchev–Trinajstić information content (AvgIpc) is 2.54. The van der Waals surface area contributed by atoms with Crippen molar-refractivity contribution in [3.63, 3.8) is 0 Å². The smallest absolute Gasteiger partial charge is 0.257 e. The van der Waals surface area contributed by atoms with Crippen molar-refractivity contribution in [1.82, 2.24) is 14.7 Å². The lowest BCUT2D eigenvalue weighted by Crippen LogP contribution is -2.58. The molecule has 2 rings (SSSR count). The maximum Gasteiger partial charge on any atom is 0.257 e. The summed E-state index contributed by atoms with van der Waals surface area (Å²) in [6.07, 6.45) is 1.02. The lowest BCUT2D eigenvalue weighted by molar-refractivity contribution is 0.0291. The monoisotopic (exact) mass is 357 g/mol. The zero-order valence-electron chi connectivity index (χ0n) is 15.2. The fourth-order valence-electron chi connectivity index (χ4n) is 3.39. The highest BCUT2D eigenvalue weighted by Gasteiger charge is 2.33. The van der Waals surface area contributed by atoms with Gasteiger partial charge in [-0.25, -0.2) is 13.2 Å². The van der Waals surface area contributed by atoms with Gasteiger partial charge in [-0.1, -0.05) is 0 Å². The van der Waals surface area contributed by atoms with Crippen molar-refractivity contribution in [3.05, 3.63) is 35.1 Å². The van der Waals surface area contributed by atoms with Crippen molar-refractivity contribution in [2.24, 2.45) is 0 Å². The number of benzene rings is 1. The number of nitrogens with zero attached hydrogens (tertiary/aromatic N) is 3. The Balaban J connectivity index is 2.06. The lowest BCUT2D eigenvalue weighted by atomic mass is 10.1. The summed E-state index contributed by atoms with van der Waals surface area (Å²) >= 11 is 0. The van der Waals surface area contributed by atoms with Gasteiger partial charge in [0.25, 0.3) is 5.91 Å². The first-order chi connectivity index (χ1) is 11.7. The van der Waals surface area contributed by atoms with Gasteiger partial charge in [0.2, 0.25) is 0 Å². The number of amides is 1. The van der Waals surface area contributed by atoms with Crippen molar-refractivity contribution in [2.75, 3.05) is 40.3 Å². The second-order valence-electron chi connectivity index (χ2n) is 7.03. The van der Waals surface area contributed by atoms with E-state index in [0.29, 0.717) is 13.1 Å².